The molecule has 4 N–H and O–H groups in total. The van der Waals surface area contributed by atoms with E-state index in [1.54, 1.807) is 0 Å². The monoisotopic (exact) mass is 430 g/mol. The molecule has 180 valence electrons. The number of aliphatic hydroxyl groups excluding tert-OH is 4. The number of carbonyl (C=O) groups excluding carboxylic acids is 1. The number of ketones is 1. The molecule has 0 bridgehead atoms. The third-order valence-electron chi connectivity index (χ3n) is 6.01. The van der Waals surface area contributed by atoms with Crippen LogP contribution in [-0.4, -0.2) is 51.1 Å². The lowest BCUT2D eigenvalue weighted by Crippen LogP contribution is -2.43. The van der Waals surface area contributed by atoms with Gasteiger partial charge in [-0.1, -0.05) is 116 Å². The van der Waals surface area contributed by atoms with Crippen LogP contribution in [0.15, 0.2) is 0 Å². The highest BCUT2D eigenvalue weighted by Crippen LogP contribution is 2.15. The van der Waals surface area contributed by atoms with Gasteiger partial charge >= 0.3 is 0 Å². The van der Waals surface area contributed by atoms with Crippen LogP contribution >= 0.6 is 0 Å². The van der Waals surface area contributed by atoms with E-state index in [4.69, 9.17) is 5.11 Å². The maximum absolute atomic E-state index is 11.8. The molecule has 0 aromatic heterocycles. The van der Waals surface area contributed by atoms with E-state index in [-0.39, 0.29) is 6.42 Å². The summed E-state index contributed by atoms with van der Waals surface area (Å²) in [5.74, 6) is -0.466. The first-order chi connectivity index (χ1) is 14.5. The van der Waals surface area contributed by atoms with Crippen LogP contribution in [0.25, 0.3) is 0 Å². The van der Waals surface area contributed by atoms with E-state index in [1.165, 1.54) is 96.3 Å². The van der Waals surface area contributed by atoms with Gasteiger partial charge in [-0.25, -0.2) is 0 Å². The van der Waals surface area contributed by atoms with Crippen LogP contribution in [0.3, 0.4) is 0 Å². The maximum atomic E-state index is 11.8. The van der Waals surface area contributed by atoms with Crippen molar-refractivity contribution in [1.82, 2.24) is 0 Å². The Morgan fingerprint density at radius 2 is 0.933 bits per heavy atom. The van der Waals surface area contributed by atoms with Crippen molar-refractivity contribution >= 4 is 5.78 Å². The van der Waals surface area contributed by atoms with Crippen molar-refractivity contribution in [3.05, 3.63) is 0 Å². The van der Waals surface area contributed by atoms with Crippen LogP contribution in [-0.2, 0) is 4.79 Å². The fourth-order valence-electron chi connectivity index (χ4n) is 3.86. The van der Waals surface area contributed by atoms with E-state index >= 15 is 0 Å². The highest BCUT2D eigenvalue weighted by Gasteiger charge is 2.29. The Hall–Kier alpha value is -0.490. The van der Waals surface area contributed by atoms with Crippen LogP contribution in [0.5, 0.6) is 0 Å². The number of aliphatic hydroxyl groups is 4. The smallest absolute Gasteiger partial charge is 0.164 e. The van der Waals surface area contributed by atoms with Crippen molar-refractivity contribution in [3.8, 4) is 0 Å². The van der Waals surface area contributed by atoms with E-state index < -0.39 is 30.7 Å². The number of Topliss-reactive ketones (excluding diaryl/α,β-unsaturated/α-hetero) is 1. The van der Waals surface area contributed by atoms with E-state index in [2.05, 4.69) is 6.92 Å². The first-order valence-corrected chi connectivity index (χ1v) is 12.7. The Labute approximate surface area is 185 Å². The zero-order chi connectivity index (χ0) is 22.5. The summed E-state index contributed by atoms with van der Waals surface area (Å²) in [7, 11) is 0. The summed E-state index contributed by atoms with van der Waals surface area (Å²) in [4.78, 5) is 11.8. The molecular weight excluding hydrogens is 380 g/mol. The molecule has 5 nitrogen and oxygen atoms in total. The van der Waals surface area contributed by atoms with Crippen molar-refractivity contribution < 1.29 is 25.2 Å². The summed E-state index contributed by atoms with van der Waals surface area (Å²) in [6, 6.07) is 0. The van der Waals surface area contributed by atoms with Gasteiger partial charge in [0.1, 0.15) is 18.3 Å². The molecule has 0 fully saturated rings. The summed E-state index contributed by atoms with van der Waals surface area (Å²) in [5, 5.41) is 37.2. The van der Waals surface area contributed by atoms with Gasteiger partial charge in [-0.05, 0) is 6.42 Å². The Kier molecular flexibility index (Phi) is 21.4. The van der Waals surface area contributed by atoms with Crippen molar-refractivity contribution in [2.75, 3.05) is 6.61 Å². The molecule has 0 amide bonds. The molecule has 30 heavy (non-hydrogen) atoms. The van der Waals surface area contributed by atoms with Crippen LogP contribution in [0.4, 0.5) is 0 Å². The second kappa shape index (κ2) is 21.7. The molecule has 0 aromatic carbocycles. The molecule has 5 heteroatoms. The zero-order valence-corrected chi connectivity index (χ0v) is 19.6. The average Bonchev–Trinajstić information content (AvgIpc) is 2.76. The van der Waals surface area contributed by atoms with E-state index in [0.29, 0.717) is 6.42 Å². The molecule has 0 aliphatic carbocycles. The first-order valence-electron chi connectivity index (χ1n) is 12.7. The number of unbranched alkanes of at least 4 members (excludes halogenated alkanes) is 17. The minimum Gasteiger partial charge on any atom is -0.394 e. The Balaban J connectivity index is 3.30. The van der Waals surface area contributed by atoms with Crippen molar-refractivity contribution in [2.45, 2.75) is 147 Å². The van der Waals surface area contributed by atoms with Crippen LogP contribution in [0.1, 0.15) is 129 Å². The van der Waals surface area contributed by atoms with Gasteiger partial charge in [-0.2, -0.15) is 0 Å². The summed E-state index contributed by atoms with van der Waals surface area (Å²) in [6.45, 7) is 1.59. The van der Waals surface area contributed by atoms with Gasteiger partial charge in [0.25, 0.3) is 0 Å². The summed E-state index contributed by atoms with van der Waals surface area (Å²) in [6.07, 6.45) is 18.6. The summed E-state index contributed by atoms with van der Waals surface area (Å²) in [5.41, 5.74) is 0. The van der Waals surface area contributed by atoms with Gasteiger partial charge in [-0.3, -0.25) is 4.79 Å². The molecule has 0 aliphatic rings. The molecule has 0 spiro atoms. The van der Waals surface area contributed by atoms with Gasteiger partial charge in [0.15, 0.2) is 5.78 Å². The van der Waals surface area contributed by atoms with Crippen LogP contribution < -0.4 is 0 Å². The van der Waals surface area contributed by atoms with Crippen molar-refractivity contribution in [3.63, 3.8) is 0 Å². The lowest BCUT2D eigenvalue weighted by atomic mass is 9.99. The number of rotatable bonds is 23. The SMILES string of the molecule is CCCCCCCCCCCCCCCCCCCCC(=O)[C@@H](O)[C@H](O)[C@H](O)CO. The molecule has 0 unspecified atom stereocenters. The molecule has 0 heterocycles. The van der Waals surface area contributed by atoms with Crippen LogP contribution in [0, 0.1) is 0 Å². The van der Waals surface area contributed by atoms with Gasteiger partial charge < -0.3 is 20.4 Å². The Bertz CT molecular complexity index is 375. The fourth-order valence-corrected chi connectivity index (χ4v) is 3.86. The fraction of sp³-hybridized carbons (Fsp3) is 0.960. The summed E-state index contributed by atoms with van der Waals surface area (Å²) >= 11 is 0. The van der Waals surface area contributed by atoms with Gasteiger partial charge in [0.2, 0.25) is 0 Å². The lowest BCUT2D eigenvalue weighted by molar-refractivity contribution is -0.140. The van der Waals surface area contributed by atoms with E-state index in [1.807, 2.05) is 0 Å². The molecule has 0 aliphatic heterocycles. The quantitative estimate of drug-likeness (QED) is 0.170. The van der Waals surface area contributed by atoms with Crippen LogP contribution in [0.2, 0.25) is 0 Å². The first kappa shape index (κ1) is 29.5. The van der Waals surface area contributed by atoms with E-state index in [0.717, 1.165) is 12.8 Å². The molecule has 0 aromatic rings. The molecule has 3 atom stereocenters. The minimum atomic E-state index is -1.61. The molecule has 0 radical (unpaired) electrons. The van der Waals surface area contributed by atoms with E-state index in [9.17, 15) is 20.1 Å². The topological polar surface area (TPSA) is 98.0 Å². The Morgan fingerprint density at radius 3 is 1.27 bits per heavy atom. The predicted molar refractivity (Wildman–Crippen MR) is 124 cm³/mol. The van der Waals surface area contributed by atoms with Crippen molar-refractivity contribution in [1.29, 1.82) is 0 Å². The van der Waals surface area contributed by atoms with Gasteiger partial charge in [0, 0.05) is 6.42 Å². The number of hydrogen-bond donors (Lipinski definition) is 4. The number of hydrogen-bond acceptors (Lipinski definition) is 5. The number of carbonyl (C=O) groups is 1. The molecular formula is C25H50O5. The third kappa shape index (κ3) is 17.2. The standard InChI is InChI=1S/C25H50O5/c1-2-3-4-5-6-7-8-9-10-11-12-13-14-15-16-17-18-19-20-22(27)24(29)25(30)23(28)21-26/h23-26,28-30H,2-21H2,1H3/t23-,24-,25-/m1/s1. The minimum absolute atomic E-state index is 0.203. The summed E-state index contributed by atoms with van der Waals surface area (Å²) < 4.78 is 0. The highest BCUT2D eigenvalue weighted by atomic mass is 16.4. The zero-order valence-electron chi connectivity index (χ0n) is 19.6. The third-order valence-corrected chi connectivity index (χ3v) is 6.01. The molecule has 0 rings (SSSR count). The maximum Gasteiger partial charge on any atom is 0.164 e. The second-order valence-electron chi connectivity index (χ2n) is 8.91. The molecule has 0 saturated carbocycles. The predicted octanol–water partition coefficient (Wildman–Crippen LogP) is 5.06. The van der Waals surface area contributed by atoms with Gasteiger partial charge in [-0.15, -0.1) is 0 Å². The van der Waals surface area contributed by atoms with Gasteiger partial charge in [0.05, 0.1) is 6.61 Å². The lowest BCUT2D eigenvalue weighted by Gasteiger charge is -2.20. The van der Waals surface area contributed by atoms with Crippen molar-refractivity contribution in [2.24, 2.45) is 0 Å². The average molecular weight is 431 g/mol. The largest absolute Gasteiger partial charge is 0.394 e. The molecule has 0 saturated heterocycles. The normalized spacial score (nSPS) is 14.6. The second-order valence-corrected chi connectivity index (χ2v) is 8.91. The Morgan fingerprint density at radius 1 is 0.600 bits per heavy atom. The highest BCUT2D eigenvalue weighted by molar-refractivity contribution is 5.83.